The number of carboxylic acid groups (broad SMARTS) is 1. The summed E-state index contributed by atoms with van der Waals surface area (Å²) in [4.78, 5) is 26.4. The fourth-order valence-electron chi connectivity index (χ4n) is 4.79. The minimum atomic E-state index is -1.17. The zero-order valence-corrected chi connectivity index (χ0v) is 21.2. The number of fused-ring (bicyclic) bond motifs is 1. The first-order valence-corrected chi connectivity index (χ1v) is 12.8. The van der Waals surface area contributed by atoms with Gasteiger partial charge in [-0.2, -0.15) is 5.10 Å². The van der Waals surface area contributed by atoms with Gasteiger partial charge in [-0.15, -0.1) is 0 Å². The van der Waals surface area contributed by atoms with Crippen molar-refractivity contribution in [3.05, 3.63) is 77.6 Å². The van der Waals surface area contributed by atoms with Crippen molar-refractivity contribution >= 4 is 46.0 Å². The lowest BCUT2D eigenvalue weighted by atomic mass is 9.94. The van der Waals surface area contributed by atoms with Crippen molar-refractivity contribution in [3.63, 3.8) is 0 Å². The normalized spacial score (nSPS) is 13.8. The van der Waals surface area contributed by atoms with Gasteiger partial charge in [0.1, 0.15) is 17.4 Å². The molecule has 0 spiro atoms. The third-order valence-corrected chi connectivity index (χ3v) is 6.81. The zero-order valence-electron chi connectivity index (χ0n) is 20.4. The third kappa shape index (κ3) is 5.43. The van der Waals surface area contributed by atoms with E-state index in [-0.39, 0.29) is 17.5 Å². The summed E-state index contributed by atoms with van der Waals surface area (Å²) in [6, 6.07) is 18.0. The number of rotatable bonds is 7. The highest BCUT2D eigenvalue weighted by molar-refractivity contribution is 6.30. The smallest absolute Gasteiger partial charge is 0.341 e. The van der Waals surface area contributed by atoms with Gasteiger partial charge in [-0.1, -0.05) is 43.0 Å². The Hall–Kier alpha value is -4.11. The molecule has 0 aliphatic heterocycles. The molecule has 196 valence electrons. The lowest BCUT2D eigenvalue weighted by Crippen LogP contribution is -2.45. The molecule has 0 atom stereocenters. The molecule has 5 rings (SSSR count). The van der Waals surface area contributed by atoms with Crippen molar-refractivity contribution in [2.24, 2.45) is 0 Å². The van der Waals surface area contributed by atoms with E-state index in [1.807, 2.05) is 36.4 Å². The number of hydrogen-bond donors (Lipinski definition) is 2. The molecule has 1 heterocycles. The summed E-state index contributed by atoms with van der Waals surface area (Å²) in [5.74, 6) is -1.26. The van der Waals surface area contributed by atoms with E-state index in [0.29, 0.717) is 10.8 Å². The highest BCUT2D eigenvalue weighted by atomic mass is 35.5. The summed E-state index contributed by atoms with van der Waals surface area (Å²) in [6.07, 6.45) is 4.66. The molecular formula is C28H26ClFN4O4. The summed E-state index contributed by atoms with van der Waals surface area (Å²) in [5.41, 5.74) is 1.41. The number of hydrogen-bond acceptors (Lipinski definition) is 4. The summed E-state index contributed by atoms with van der Waals surface area (Å²) < 4.78 is 21.7. The van der Waals surface area contributed by atoms with Gasteiger partial charge in [0.15, 0.2) is 6.61 Å². The molecule has 1 aliphatic carbocycles. The Balaban J connectivity index is 1.55. The van der Waals surface area contributed by atoms with Gasteiger partial charge in [-0.25, -0.2) is 18.7 Å². The van der Waals surface area contributed by atoms with Crippen LogP contribution in [0.3, 0.4) is 0 Å². The van der Waals surface area contributed by atoms with Gasteiger partial charge in [-0.3, -0.25) is 4.90 Å². The van der Waals surface area contributed by atoms with Crippen LogP contribution < -0.4 is 15.0 Å². The third-order valence-electron chi connectivity index (χ3n) is 6.56. The fourth-order valence-corrected chi connectivity index (χ4v) is 4.92. The van der Waals surface area contributed by atoms with Crippen LogP contribution in [-0.4, -0.2) is 39.5 Å². The number of aliphatic carboxylic acids is 1. The minimum absolute atomic E-state index is 0.0413. The van der Waals surface area contributed by atoms with Crippen LogP contribution in [0.2, 0.25) is 5.02 Å². The Bertz CT molecular complexity index is 1470. The number of ether oxygens (including phenoxy) is 1. The topological polar surface area (TPSA) is 96.7 Å². The van der Waals surface area contributed by atoms with E-state index < -0.39 is 24.4 Å². The van der Waals surface area contributed by atoms with Gasteiger partial charge in [0, 0.05) is 22.5 Å². The number of halogens is 2. The number of benzene rings is 3. The van der Waals surface area contributed by atoms with Gasteiger partial charge in [-0.05, 0) is 61.4 Å². The largest absolute Gasteiger partial charge is 0.482 e. The van der Waals surface area contributed by atoms with Gasteiger partial charge in [0.2, 0.25) is 0 Å². The van der Waals surface area contributed by atoms with Crippen molar-refractivity contribution in [3.8, 4) is 11.4 Å². The van der Waals surface area contributed by atoms with Crippen LogP contribution in [0.25, 0.3) is 16.6 Å². The molecule has 0 bridgehead atoms. The molecular weight excluding hydrogens is 511 g/mol. The SMILES string of the molecule is O=C(O)COc1ccc(NC(=O)N(c2c3ccccc3nn2-c2ccc(Cl)cc2)C2CCCCC2)c(F)c1. The van der Waals surface area contributed by atoms with Crippen molar-refractivity contribution in [1.82, 2.24) is 9.78 Å². The molecule has 2 N–H and O–H groups in total. The maximum absolute atomic E-state index is 14.9. The minimum Gasteiger partial charge on any atom is -0.482 e. The van der Waals surface area contributed by atoms with Crippen LogP contribution in [-0.2, 0) is 4.79 Å². The zero-order chi connectivity index (χ0) is 26.6. The number of nitrogens with one attached hydrogen (secondary N) is 1. The van der Waals surface area contributed by atoms with Gasteiger partial charge in [0.05, 0.1) is 16.9 Å². The quantitative estimate of drug-likeness (QED) is 0.275. The first-order valence-electron chi connectivity index (χ1n) is 12.4. The molecule has 10 heteroatoms. The molecule has 38 heavy (non-hydrogen) atoms. The Morgan fingerprint density at radius 2 is 1.82 bits per heavy atom. The maximum atomic E-state index is 14.9. The Kier molecular flexibility index (Phi) is 7.46. The molecule has 1 aliphatic rings. The van der Waals surface area contributed by atoms with Gasteiger partial charge < -0.3 is 15.2 Å². The predicted octanol–water partition coefficient (Wildman–Crippen LogP) is 6.65. The number of urea groups is 1. The number of carbonyl (C=O) groups excluding carboxylic acids is 1. The van der Waals surface area contributed by atoms with Crippen molar-refractivity contribution in [2.75, 3.05) is 16.8 Å². The maximum Gasteiger partial charge on any atom is 0.341 e. The average Bonchev–Trinajstić information content (AvgIpc) is 3.29. The predicted molar refractivity (Wildman–Crippen MR) is 144 cm³/mol. The molecule has 4 aromatic rings. The number of nitrogens with zero attached hydrogens (tertiary/aromatic N) is 3. The molecule has 1 saturated carbocycles. The van der Waals surface area contributed by atoms with E-state index in [0.717, 1.165) is 54.8 Å². The van der Waals surface area contributed by atoms with E-state index in [1.165, 1.54) is 12.1 Å². The number of carboxylic acids is 1. The van der Waals surface area contributed by atoms with Gasteiger partial charge in [0.25, 0.3) is 0 Å². The Labute approximate surface area is 223 Å². The second kappa shape index (κ2) is 11.1. The molecule has 2 amide bonds. The molecule has 0 saturated heterocycles. The molecule has 0 unspecified atom stereocenters. The number of carbonyl (C=O) groups is 2. The van der Waals surface area contributed by atoms with E-state index in [9.17, 15) is 14.0 Å². The lowest BCUT2D eigenvalue weighted by molar-refractivity contribution is -0.139. The van der Waals surface area contributed by atoms with Crippen LogP contribution in [0.1, 0.15) is 32.1 Å². The number of amides is 2. The summed E-state index contributed by atoms with van der Waals surface area (Å²) in [6.45, 7) is -0.595. The second-order valence-corrected chi connectivity index (χ2v) is 9.58. The molecule has 8 nitrogen and oxygen atoms in total. The standard InChI is InChI=1S/C28H26ClFN4O4/c29-18-10-12-20(13-11-18)34-27(22-8-4-5-9-24(22)32-34)33(19-6-2-1-3-7-19)28(37)31-25-15-14-21(16-23(25)30)38-17-26(35)36/h4-5,8-16,19H,1-3,6-7,17H2,(H,31,37)(H,35,36). The number of anilines is 2. The summed E-state index contributed by atoms with van der Waals surface area (Å²) >= 11 is 6.13. The van der Waals surface area contributed by atoms with E-state index >= 15 is 0 Å². The summed E-state index contributed by atoms with van der Waals surface area (Å²) in [7, 11) is 0. The van der Waals surface area contributed by atoms with Crippen molar-refractivity contribution in [1.29, 1.82) is 0 Å². The highest BCUT2D eigenvalue weighted by Crippen LogP contribution is 2.36. The van der Waals surface area contributed by atoms with E-state index in [2.05, 4.69) is 5.32 Å². The van der Waals surface area contributed by atoms with Crippen molar-refractivity contribution < 1.29 is 23.8 Å². The second-order valence-electron chi connectivity index (χ2n) is 9.15. The summed E-state index contributed by atoms with van der Waals surface area (Å²) in [5, 5.41) is 17.7. The van der Waals surface area contributed by atoms with Crippen LogP contribution in [0.15, 0.2) is 66.7 Å². The lowest BCUT2D eigenvalue weighted by Gasteiger charge is -2.34. The van der Waals surface area contributed by atoms with Crippen LogP contribution in [0, 0.1) is 5.82 Å². The molecule has 1 fully saturated rings. The Morgan fingerprint density at radius 1 is 1.08 bits per heavy atom. The monoisotopic (exact) mass is 536 g/mol. The van der Waals surface area contributed by atoms with Crippen LogP contribution in [0.4, 0.5) is 20.7 Å². The molecule has 1 aromatic heterocycles. The van der Waals surface area contributed by atoms with Crippen LogP contribution >= 0.6 is 11.6 Å². The van der Waals surface area contributed by atoms with Crippen LogP contribution in [0.5, 0.6) is 5.75 Å². The van der Waals surface area contributed by atoms with Gasteiger partial charge >= 0.3 is 12.0 Å². The molecule has 0 radical (unpaired) electrons. The number of aromatic nitrogens is 2. The van der Waals surface area contributed by atoms with E-state index in [1.54, 1.807) is 21.7 Å². The first kappa shape index (κ1) is 25.5. The fraction of sp³-hybridized carbons (Fsp3) is 0.250. The highest BCUT2D eigenvalue weighted by Gasteiger charge is 2.32. The van der Waals surface area contributed by atoms with E-state index in [4.69, 9.17) is 26.5 Å². The first-order chi connectivity index (χ1) is 18.4. The molecule has 3 aromatic carbocycles. The average molecular weight is 537 g/mol. The van der Waals surface area contributed by atoms with Crippen molar-refractivity contribution in [2.45, 2.75) is 38.1 Å². The Morgan fingerprint density at radius 3 is 2.53 bits per heavy atom.